The molecule has 1 fully saturated rings. The van der Waals surface area contributed by atoms with Gasteiger partial charge in [-0.15, -0.1) is 10.2 Å². The van der Waals surface area contributed by atoms with E-state index in [1.54, 1.807) is 19.1 Å². The lowest BCUT2D eigenvalue weighted by atomic mass is 10.1. The third kappa shape index (κ3) is 3.59. The fourth-order valence-corrected chi connectivity index (χ4v) is 4.39. The molecule has 1 saturated heterocycles. The monoisotopic (exact) mass is 444 g/mol. The smallest absolute Gasteiger partial charge is 0.326 e. The molecule has 4 aromatic rings. The number of nitrogens with two attached hydrogens (primary N) is 1. The number of pyridine rings is 2. The summed E-state index contributed by atoms with van der Waals surface area (Å²) in [6.45, 7) is 2.21. The molecule has 2 atom stereocenters. The molecular formula is C22H20F4N6. The van der Waals surface area contributed by atoms with Crippen LogP contribution in [0.2, 0.25) is 0 Å². The van der Waals surface area contributed by atoms with Crippen molar-refractivity contribution in [2.75, 3.05) is 13.1 Å². The second-order valence-corrected chi connectivity index (χ2v) is 8.19. The maximum atomic E-state index is 14.0. The Morgan fingerprint density at radius 2 is 1.94 bits per heavy atom. The third-order valence-electron chi connectivity index (χ3n) is 5.85. The number of likely N-dealkylation sites (tertiary alicyclic amines) is 1. The van der Waals surface area contributed by atoms with E-state index in [-0.39, 0.29) is 30.5 Å². The maximum Gasteiger partial charge on any atom is 0.408 e. The molecule has 1 aromatic carbocycles. The molecule has 0 spiro atoms. The lowest BCUT2D eigenvalue weighted by molar-refractivity contribution is -0.183. The van der Waals surface area contributed by atoms with Gasteiger partial charge in [0.1, 0.15) is 17.6 Å². The summed E-state index contributed by atoms with van der Waals surface area (Å²) in [7, 11) is 0. The highest BCUT2D eigenvalue weighted by molar-refractivity contribution is 5.83. The first-order valence-electron chi connectivity index (χ1n) is 10.2. The zero-order chi connectivity index (χ0) is 22.6. The van der Waals surface area contributed by atoms with Gasteiger partial charge >= 0.3 is 6.18 Å². The quantitative estimate of drug-likeness (QED) is 0.483. The van der Waals surface area contributed by atoms with Crippen molar-refractivity contribution in [1.29, 1.82) is 0 Å². The van der Waals surface area contributed by atoms with Crippen LogP contribution < -0.4 is 5.73 Å². The number of rotatable bonds is 3. The van der Waals surface area contributed by atoms with Gasteiger partial charge < -0.3 is 5.73 Å². The van der Waals surface area contributed by atoms with Gasteiger partial charge in [-0.3, -0.25) is 9.30 Å². The van der Waals surface area contributed by atoms with Crippen molar-refractivity contribution in [2.45, 2.75) is 31.6 Å². The third-order valence-corrected chi connectivity index (χ3v) is 5.85. The number of halogens is 4. The van der Waals surface area contributed by atoms with Crippen molar-refractivity contribution in [1.82, 2.24) is 24.5 Å². The predicted octanol–water partition coefficient (Wildman–Crippen LogP) is 4.03. The van der Waals surface area contributed by atoms with E-state index in [0.717, 1.165) is 0 Å². The average molecular weight is 444 g/mol. The van der Waals surface area contributed by atoms with Crippen molar-refractivity contribution in [3.63, 3.8) is 0 Å². The summed E-state index contributed by atoms with van der Waals surface area (Å²) in [5, 5.41) is 8.86. The number of hydrogen-bond donors (Lipinski definition) is 1. The normalized spacial score (nSPS) is 18.6. The molecule has 166 valence electrons. The Morgan fingerprint density at radius 1 is 1.12 bits per heavy atom. The second-order valence-electron chi connectivity index (χ2n) is 8.19. The molecular weight excluding hydrogens is 424 g/mol. The fraction of sp³-hybridized carbons (Fsp3) is 0.318. The van der Waals surface area contributed by atoms with Crippen LogP contribution in [0.5, 0.6) is 0 Å². The summed E-state index contributed by atoms with van der Waals surface area (Å²) < 4.78 is 57.3. The molecule has 0 aliphatic carbocycles. The Hall–Kier alpha value is -3.11. The molecule has 32 heavy (non-hydrogen) atoms. The summed E-state index contributed by atoms with van der Waals surface area (Å²) >= 11 is 0. The van der Waals surface area contributed by atoms with E-state index >= 15 is 0 Å². The van der Waals surface area contributed by atoms with E-state index < -0.39 is 12.2 Å². The standard InChI is InChI=1S/C22H20F4N6/c1-12-8-15(23)9-13-2-4-17(28-19(12)13)21-30-29-18-5-3-14(10-32(18)21)20(22(24,25)26)31-7-6-16(27)11-31/h2-5,8-10,16,20H,6-7,11,27H2,1H3/t16-,20+/m0/s1. The molecule has 0 unspecified atom stereocenters. The van der Waals surface area contributed by atoms with Gasteiger partial charge in [-0.25, -0.2) is 9.37 Å². The largest absolute Gasteiger partial charge is 0.408 e. The van der Waals surface area contributed by atoms with Crippen molar-refractivity contribution in [3.05, 3.63) is 59.5 Å². The number of aryl methyl sites for hydroxylation is 1. The zero-order valence-electron chi connectivity index (χ0n) is 17.1. The topological polar surface area (TPSA) is 72.3 Å². The van der Waals surface area contributed by atoms with Crippen LogP contribution in [0.3, 0.4) is 0 Å². The predicted molar refractivity (Wildman–Crippen MR) is 111 cm³/mol. The molecule has 0 bridgehead atoms. The van der Waals surface area contributed by atoms with E-state index in [2.05, 4.69) is 15.2 Å². The van der Waals surface area contributed by atoms with Gasteiger partial charge in [-0.1, -0.05) is 12.1 Å². The fourth-order valence-electron chi connectivity index (χ4n) is 4.39. The van der Waals surface area contributed by atoms with Crippen molar-refractivity contribution >= 4 is 16.6 Å². The molecule has 5 rings (SSSR count). The van der Waals surface area contributed by atoms with Crippen LogP contribution in [-0.2, 0) is 0 Å². The van der Waals surface area contributed by atoms with E-state index in [9.17, 15) is 17.6 Å². The Morgan fingerprint density at radius 3 is 2.66 bits per heavy atom. The molecule has 6 nitrogen and oxygen atoms in total. The van der Waals surface area contributed by atoms with Crippen LogP contribution >= 0.6 is 0 Å². The van der Waals surface area contributed by atoms with Gasteiger partial charge in [0.05, 0.1) is 5.52 Å². The highest BCUT2D eigenvalue weighted by Gasteiger charge is 2.46. The molecule has 2 N–H and O–H groups in total. The Balaban J connectivity index is 1.62. The summed E-state index contributed by atoms with van der Waals surface area (Å²) in [4.78, 5) is 5.94. The van der Waals surface area contributed by atoms with Gasteiger partial charge in [0.15, 0.2) is 11.5 Å². The Kier molecular flexibility index (Phi) is 4.86. The van der Waals surface area contributed by atoms with Crippen LogP contribution in [-0.4, -0.2) is 49.8 Å². The van der Waals surface area contributed by atoms with Crippen molar-refractivity contribution in [3.8, 4) is 11.5 Å². The van der Waals surface area contributed by atoms with Crippen LogP contribution in [0, 0.1) is 12.7 Å². The molecule has 1 aliphatic heterocycles. The molecule has 0 saturated carbocycles. The summed E-state index contributed by atoms with van der Waals surface area (Å²) in [5.41, 5.74) is 8.02. The first kappa shape index (κ1) is 20.8. The van der Waals surface area contributed by atoms with Crippen LogP contribution in [0.15, 0.2) is 42.6 Å². The van der Waals surface area contributed by atoms with Crippen molar-refractivity contribution in [2.24, 2.45) is 5.73 Å². The van der Waals surface area contributed by atoms with Gasteiger partial charge in [0.25, 0.3) is 0 Å². The summed E-state index contributed by atoms with van der Waals surface area (Å²) in [6, 6.07) is 7.03. The Labute approximate surface area is 180 Å². The van der Waals surface area contributed by atoms with Crippen LogP contribution in [0.4, 0.5) is 17.6 Å². The molecule has 10 heteroatoms. The zero-order valence-corrected chi connectivity index (χ0v) is 17.1. The SMILES string of the molecule is Cc1cc(F)cc2ccc(-c3nnc4ccc([C@@H](N5CC[C@H](N)C5)C(F)(F)F)cn34)nc12. The van der Waals surface area contributed by atoms with E-state index in [4.69, 9.17) is 5.73 Å². The van der Waals surface area contributed by atoms with Gasteiger partial charge in [0.2, 0.25) is 0 Å². The number of fused-ring (bicyclic) bond motifs is 2. The first-order valence-corrected chi connectivity index (χ1v) is 10.2. The van der Waals surface area contributed by atoms with Gasteiger partial charge in [0, 0.05) is 30.7 Å². The Bertz CT molecular complexity index is 1320. The molecule has 4 heterocycles. The lowest BCUT2D eigenvalue weighted by Gasteiger charge is -2.30. The highest BCUT2D eigenvalue weighted by Crippen LogP contribution is 2.39. The summed E-state index contributed by atoms with van der Waals surface area (Å²) in [5.74, 6) is -0.0477. The second kappa shape index (κ2) is 7.49. The van der Waals surface area contributed by atoms with E-state index in [1.165, 1.54) is 39.8 Å². The minimum Gasteiger partial charge on any atom is -0.326 e. The molecule has 0 amide bonds. The lowest BCUT2D eigenvalue weighted by Crippen LogP contribution is -2.38. The number of benzene rings is 1. The van der Waals surface area contributed by atoms with Gasteiger partial charge in [-0.05, 0) is 48.7 Å². The first-order chi connectivity index (χ1) is 15.2. The van der Waals surface area contributed by atoms with Crippen LogP contribution in [0.1, 0.15) is 23.6 Å². The number of aromatic nitrogens is 4. The highest BCUT2D eigenvalue weighted by atomic mass is 19.4. The minimum absolute atomic E-state index is 0.0826. The van der Waals surface area contributed by atoms with Crippen molar-refractivity contribution < 1.29 is 17.6 Å². The number of nitrogens with zero attached hydrogens (tertiary/aromatic N) is 5. The number of alkyl halides is 3. The van der Waals surface area contributed by atoms with Crippen LogP contribution in [0.25, 0.3) is 28.1 Å². The molecule has 0 radical (unpaired) electrons. The number of hydrogen-bond acceptors (Lipinski definition) is 5. The minimum atomic E-state index is -4.46. The summed E-state index contributed by atoms with van der Waals surface area (Å²) in [6.07, 6.45) is -2.53. The maximum absolute atomic E-state index is 14.0. The van der Waals surface area contributed by atoms with E-state index in [1.807, 2.05) is 0 Å². The average Bonchev–Trinajstić information content (AvgIpc) is 3.33. The molecule has 3 aromatic heterocycles. The van der Waals surface area contributed by atoms with E-state index in [0.29, 0.717) is 40.1 Å². The van der Waals surface area contributed by atoms with Gasteiger partial charge in [-0.2, -0.15) is 13.2 Å². The molecule has 1 aliphatic rings.